The highest BCUT2D eigenvalue weighted by molar-refractivity contribution is 7.89. The number of thiophene rings is 1. The topological polar surface area (TPSA) is 86.7 Å². The van der Waals surface area contributed by atoms with Gasteiger partial charge in [0.1, 0.15) is 9.77 Å². The van der Waals surface area contributed by atoms with Crippen molar-refractivity contribution in [2.24, 2.45) is 0 Å². The highest BCUT2D eigenvalue weighted by atomic mass is 32.2. The molecule has 0 unspecified atom stereocenters. The van der Waals surface area contributed by atoms with E-state index in [1.807, 2.05) is 19.0 Å². The van der Waals surface area contributed by atoms with Crippen molar-refractivity contribution in [1.29, 1.82) is 0 Å². The molecule has 1 aliphatic rings. The van der Waals surface area contributed by atoms with Gasteiger partial charge in [-0.15, -0.1) is 11.3 Å². The van der Waals surface area contributed by atoms with Gasteiger partial charge in [-0.25, -0.2) is 17.9 Å². The molecule has 1 saturated carbocycles. The fourth-order valence-corrected chi connectivity index (χ4v) is 5.33. The maximum absolute atomic E-state index is 12.5. The van der Waals surface area contributed by atoms with Crippen LogP contribution in [-0.4, -0.2) is 50.6 Å². The van der Waals surface area contributed by atoms with Crippen LogP contribution >= 0.6 is 11.3 Å². The quantitative estimate of drug-likeness (QED) is 0.825. The van der Waals surface area contributed by atoms with Crippen LogP contribution in [0.5, 0.6) is 0 Å². The number of carbonyl (C=O) groups is 1. The maximum Gasteiger partial charge on any atom is 0.347 e. The first-order valence-corrected chi connectivity index (χ1v) is 9.04. The number of nitrogens with one attached hydrogen (secondary N) is 1. The van der Waals surface area contributed by atoms with Crippen LogP contribution in [0, 0.1) is 6.92 Å². The average molecular weight is 332 g/mol. The highest BCUT2D eigenvalue weighted by Gasteiger charge is 2.40. The number of aryl methyl sites for hydroxylation is 1. The Hall–Kier alpha value is -0.960. The Labute approximate surface area is 128 Å². The summed E-state index contributed by atoms with van der Waals surface area (Å²) in [5.74, 6) is -1.21. The van der Waals surface area contributed by atoms with E-state index in [0.717, 1.165) is 30.6 Å². The molecule has 1 aliphatic carbocycles. The first-order chi connectivity index (χ1) is 9.69. The third-order valence-corrected chi connectivity index (χ3v) is 7.01. The van der Waals surface area contributed by atoms with Gasteiger partial charge in [-0.3, -0.25) is 0 Å². The van der Waals surface area contributed by atoms with Gasteiger partial charge in [-0.05, 0) is 51.2 Å². The molecule has 6 nitrogen and oxygen atoms in total. The van der Waals surface area contributed by atoms with Gasteiger partial charge in [0.25, 0.3) is 0 Å². The first kappa shape index (κ1) is 16.4. The Morgan fingerprint density at radius 3 is 2.52 bits per heavy atom. The average Bonchev–Trinajstić information content (AvgIpc) is 2.69. The summed E-state index contributed by atoms with van der Waals surface area (Å²) in [5.41, 5.74) is 0.317. The van der Waals surface area contributed by atoms with Crippen LogP contribution in [0.4, 0.5) is 0 Å². The summed E-state index contributed by atoms with van der Waals surface area (Å²) in [5, 5.41) is 10.7. The SMILES string of the molecule is Cc1csc(C(=O)O)c1S(=O)(=O)NCC1(N(C)C)CCC1. The van der Waals surface area contributed by atoms with Crippen LogP contribution < -0.4 is 4.72 Å². The zero-order valence-electron chi connectivity index (χ0n) is 12.3. The van der Waals surface area contributed by atoms with E-state index in [1.54, 1.807) is 12.3 Å². The Balaban J connectivity index is 2.24. The van der Waals surface area contributed by atoms with Crippen LogP contribution in [0.1, 0.15) is 34.5 Å². The van der Waals surface area contributed by atoms with Gasteiger partial charge >= 0.3 is 5.97 Å². The Kier molecular flexibility index (Phi) is 4.44. The molecule has 21 heavy (non-hydrogen) atoms. The van der Waals surface area contributed by atoms with E-state index in [-0.39, 0.29) is 15.3 Å². The second-order valence-electron chi connectivity index (χ2n) is 5.68. The lowest BCUT2D eigenvalue weighted by Crippen LogP contribution is -2.57. The standard InChI is InChI=1S/C13H20N2O4S2/c1-9-7-20-10(12(16)17)11(9)21(18,19)14-8-13(15(2)3)5-4-6-13/h7,14H,4-6,8H2,1-3H3,(H,16,17). The molecule has 0 bridgehead atoms. The van der Waals surface area contributed by atoms with E-state index in [9.17, 15) is 13.2 Å². The van der Waals surface area contributed by atoms with Crippen molar-refractivity contribution in [3.8, 4) is 0 Å². The van der Waals surface area contributed by atoms with Crippen molar-refractivity contribution in [2.75, 3.05) is 20.6 Å². The minimum Gasteiger partial charge on any atom is -0.477 e. The predicted molar refractivity (Wildman–Crippen MR) is 81.5 cm³/mol. The maximum atomic E-state index is 12.5. The van der Waals surface area contributed by atoms with Crippen LogP contribution in [0.2, 0.25) is 0 Å². The first-order valence-electron chi connectivity index (χ1n) is 6.68. The molecule has 1 fully saturated rings. The highest BCUT2D eigenvalue weighted by Crippen LogP contribution is 2.36. The van der Waals surface area contributed by atoms with E-state index >= 15 is 0 Å². The van der Waals surface area contributed by atoms with Crippen molar-refractivity contribution in [1.82, 2.24) is 9.62 Å². The molecule has 118 valence electrons. The normalized spacial score (nSPS) is 17.7. The molecule has 0 aromatic carbocycles. The smallest absolute Gasteiger partial charge is 0.347 e. The van der Waals surface area contributed by atoms with Gasteiger partial charge in [0.15, 0.2) is 0 Å². The fourth-order valence-electron chi connectivity index (χ4n) is 2.58. The third kappa shape index (κ3) is 2.98. The number of carboxylic acid groups (broad SMARTS) is 1. The van der Waals surface area contributed by atoms with Gasteiger partial charge in [0.05, 0.1) is 0 Å². The predicted octanol–water partition coefficient (Wildman–Crippen LogP) is 1.52. The summed E-state index contributed by atoms with van der Waals surface area (Å²) in [4.78, 5) is 13.0. The molecule has 0 aliphatic heterocycles. The summed E-state index contributed by atoms with van der Waals surface area (Å²) in [6.45, 7) is 1.92. The minimum atomic E-state index is -3.81. The van der Waals surface area contributed by atoms with Gasteiger partial charge in [-0.2, -0.15) is 0 Å². The molecule has 1 aromatic heterocycles. The van der Waals surface area contributed by atoms with E-state index in [2.05, 4.69) is 4.72 Å². The second kappa shape index (κ2) is 5.68. The van der Waals surface area contributed by atoms with Crippen molar-refractivity contribution in [3.63, 3.8) is 0 Å². The zero-order chi connectivity index (χ0) is 15.8. The molecule has 0 amide bonds. The summed E-state index contributed by atoms with van der Waals surface area (Å²) in [7, 11) is 0.0597. The van der Waals surface area contributed by atoms with Gasteiger partial charge < -0.3 is 10.0 Å². The fraction of sp³-hybridized carbons (Fsp3) is 0.615. The molecule has 8 heteroatoms. The van der Waals surface area contributed by atoms with E-state index < -0.39 is 16.0 Å². The minimum absolute atomic E-state index is 0.103. The second-order valence-corrected chi connectivity index (χ2v) is 8.26. The number of nitrogens with zero attached hydrogens (tertiary/aromatic N) is 1. The lowest BCUT2D eigenvalue weighted by Gasteiger charge is -2.47. The number of hydrogen-bond donors (Lipinski definition) is 2. The lowest BCUT2D eigenvalue weighted by atomic mass is 9.76. The number of rotatable bonds is 6. The summed E-state index contributed by atoms with van der Waals surface area (Å²) >= 11 is 0.941. The molecule has 0 radical (unpaired) electrons. The molecular weight excluding hydrogens is 312 g/mol. The van der Waals surface area contributed by atoms with Crippen LogP contribution in [-0.2, 0) is 10.0 Å². The van der Waals surface area contributed by atoms with Crippen LogP contribution in [0.25, 0.3) is 0 Å². The Bertz CT molecular complexity index is 645. The van der Waals surface area contributed by atoms with E-state index in [4.69, 9.17) is 5.11 Å². The monoisotopic (exact) mass is 332 g/mol. The molecule has 2 rings (SSSR count). The number of likely N-dealkylation sites (N-methyl/N-ethyl adjacent to an activating group) is 1. The molecule has 1 aromatic rings. The number of carboxylic acids is 1. The molecule has 1 heterocycles. The Morgan fingerprint density at radius 2 is 2.10 bits per heavy atom. The summed E-state index contributed by atoms with van der Waals surface area (Å²) in [6, 6.07) is 0. The third-order valence-electron chi connectivity index (χ3n) is 4.21. The van der Waals surface area contributed by atoms with Gasteiger partial charge in [-0.1, -0.05) is 0 Å². The lowest BCUT2D eigenvalue weighted by molar-refractivity contribution is 0.0656. The molecule has 0 spiro atoms. The molecular formula is C13H20N2O4S2. The van der Waals surface area contributed by atoms with E-state index in [1.165, 1.54) is 0 Å². The van der Waals surface area contributed by atoms with Crippen molar-refractivity contribution in [3.05, 3.63) is 15.8 Å². The largest absolute Gasteiger partial charge is 0.477 e. The number of sulfonamides is 1. The molecule has 0 atom stereocenters. The number of aromatic carboxylic acids is 1. The van der Waals surface area contributed by atoms with Crippen molar-refractivity contribution in [2.45, 2.75) is 36.6 Å². The zero-order valence-corrected chi connectivity index (χ0v) is 14.0. The molecule has 2 N–H and O–H groups in total. The van der Waals surface area contributed by atoms with Crippen LogP contribution in [0.15, 0.2) is 10.3 Å². The Morgan fingerprint density at radius 1 is 1.48 bits per heavy atom. The van der Waals surface area contributed by atoms with Gasteiger partial charge in [0, 0.05) is 12.1 Å². The van der Waals surface area contributed by atoms with E-state index in [0.29, 0.717) is 12.1 Å². The van der Waals surface area contributed by atoms with Crippen LogP contribution in [0.3, 0.4) is 0 Å². The van der Waals surface area contributed by atoms with Crippen molar-refractivity contribution < 1.29 is 18.3 Å². The summed E-state index contributed by atoms with van der Waals surface area (Å²) < 4.78 is 27.5. The van der Waals surface area contributed by atoms with Gasteiger partial charge in [0.2, 0.25) is 10.0 Å². The summed E-state index contributed by atoms with van der Waals surface area (Å²) in [6.07, 6.45) is 2.96. The number of hydrogen-bond acceptors (Lipinski definition) is 5. The van der Waals surface area contributed by atoms with Crippen molar-refractivity contribution >= 4 is 27.3 Å². The molecule has 0 saturated heterocycles.